The van der Waals surface area contributed by atoms with Gasteiger partial charge in [0.2, 0.25) is 0 Å². The lowest BCUT2D eigenvalue weighted by molar-refractivity contribution is 0.102. The number of carbonyl (C=O) groups is 1. The van der Waals surface area contributed by atoms with Crippen molar-refractivity contribution in [2.24, 2.45) is 0 Å². The van der Waals surface area contributed by atoms with Crippen molar-refractivity contribution in [3.05, 3.63) is 53.6 Å². The molecule has 0 aliphatic carbocycles. The standard InChI is InChI=1S/C19H25N3O/c1-4-14-7-9-15(10-8-14)19(23)21-16-11-12-18(17(20)13-16)22(5-2)6-3/h7-13H,4-6,20H2,1-3H3,(H,21,23). The van der Waals surface area contributed by atoms with E-state index in [9.17, 15) is 4.79 Å². The van der Waals surface area contributed by atoms with Gasteiger partial charge in [-0.2, -0.15) is 0 Å². The third-order valence-electron chi connectivity index (χ3n) is 4.01. The van der Waals surface area contributed by atoms with Crippen molar-refractivity contribution in [2.45, 2.75) is 27.2 Å². The molecule has 0 unspecified atom stereocenters. The number of nitrogen functional groups attached to an aromatic ring is 1. The minimum Gasteiger partial charge on any atom is -0.397 e. The lowest BCUT2D eigenvalue weighted by Crippen LogP contribution is -2.23. The normalized spacial score (nSPS) is 10.4. The molecule has 0 heterocycles. The van der Waals surface area contributed by atoms with Gasteiger partial charge in [-0.1, -0.05) is 19.1 Å². The first kappa shape index (κ1) is 16.9. The van der Waals surface area contributed by atoms with E-state index in [2.05, 4.69) is 31.0 Å². The number of carbonyl (C=O) groups excluding carboxylic acids is 1. The molecule has 4 heteroatoms. The SMILES string of the molecule is CCc1ccc(C(=O)Nc2ccc(N(CC)CC)c(N)c2)cc1. The first-order valence-corrected chi connectivity index (χ1v) is 8.13. The lowest BCUT2D eigenvalue weighted by Gasteiger charge is -2.23. The van der Waals surface area contributed by atoms with Crippen LogP contribution in [0, 0.1) is 0 Å². The number of amides is 1. The molecule has 2 aromatic rings. The minimum absolute atomic E-state index is 0.123. The van der Waals surface area contributed by atoms with Crippen molar-refractivity contribution in [3.8, 4) is 0 Å². The van der Waals surface area contributed by atoms with Crippen molar-refractivity contribution in [1.82, 2.24) is 0 Å². The van der Waals surface area contributed by atoms with Crippen LogP contribution in [-0.4, -0.2) is 19.0 Å². The highest BCUT2D eigenvalue weighted by atomic mass is 16.1. The number of aryl methyl sites for hydroxylation is 1. The minimum atomic E-state index is -0.123. The molecule has 0 aromatic heterocycles. The molecule has 0 saturated carbocycles. The predicted molar refractivity (Wildman–Crippen MR) is 98.2 cm³/mol. The summed E-state index contributed by atoms with van der Waals surface area (Å²) in [5.74, 6) is -0.123. The van der Waals surface area contributed by atoms with Crippen LogP contribution in [0.5, 0.6) is 0 Å². The maximum absolute atomic E-state index is 12.3. The van der Waals surface area contributed by atoms with Crippen LogP contribution in [0.15, 0.2) is 42.5 Å². The Morgan fingerprint density at radius 1 is 1.04 bits per heavy atom. The molecule has 0 saturated heterocycles. The molecule has 1 amide bonds. The highest BCUT2D eigenvalue weighted by Gasteiger charge is 2.10. The van der Waals surface area contributed by atoms with E-state index in [0.29, 0.717) is 16.9 Å². The summed E-state index contributed by atoms with van der Waals surface area (Å²) in [7, 11) is 0. The number of hydrogen-bond donors (Lipinski definition) is 2. The molecule has 2 aromatic carbocycles. The number of nitrogens with zero attached hydrogens (tertiary/aromatic N) is 1. The Bertz CT molecular complexity index is 661. The molecule has 3 N–H and O–H groups in total. The second kappa shape index (κ2) is 7.68. The maximum Gasteiger partial charge on any atom is 0.255 e. The van der Waals surface area contributed by atoms with Gasteiger partial charge in [-0.05, 0) is 56.2 Å². The summed E-state index contributed by atoms with van der Waals surface area (Å²) in [6, 6.07) is 13.3. The zero-order valence-corrected chi connectivity index (χ0v) is 14.1. The topological polar surface area (TPSA) is 58.4 Å². The fourth-order valence-corrected chi connectivity index (χ4v) is 2.58. The summed E-state index contributed by atoms with van der Waals surface area (Å²) in [6.45, 7) is 8.08. The molecule has 0 radical (unpaired) electrons. The Hall–Kier alpha value is -2.49. The molecular weight excluding hydrogens is 286 g/mol. The first-order chi connectivity index (χ1) is 11.1. The van der Waals surface area contributed by atoms with E-state index in [0.717, 1.165) is 25.2 Å². The average molecular weight is 311 g/mol. The van der Waals surface area contributed by atoms with Gasteiger partial charge in [-0.25, -0.2) is 0 Å². The van der Waals surface area contributed by atoms with Gasteiger partial charge < -0.3 is 16.0 Å². The second-order valence-electron chi connectivity index (χ2n) is 5.45. The summed E-state index contributed by atoms with van der Waals surface area (Å²) in [6.07, 6.45) is 0.964. The lowest BCUT2D eigenvalue weighted by atomic mass is 10.1. The largest absolute Gasteiger partial charge is 0.397 e. The molecule has 0 spiro atoms. The second-order valence-corrected chi connectivity index (χ2v) is 5.45. The monoisotopic (exact) mass is 311 g/mol. The van der Waals surface area contributed by atoms with E-state index in [4.69, 9.17) is 5.73 Å². The van der Waals surface area contributed by atoms with Crippen LogP contribution in [0.3, 0.4) is 0 Å². The van der Waals surface area contributed by atoms with Gasteiger partial charge in [0.15, 0.2) is 0 Å². The Kier molecular flexibility index (Phi) is 5.63. The molecule has 23 heavy (non-hydrogen) atoms. The fraction of sp³-hybridized carbons (Fsp3) is 0.316. The molecular formula is C19H25N3O. The predicted octanol–water partition coefficient (Wildman–Crippen LogP) is 3.93. The van der Waals surface area contributed by atoms with E-state index in [1.54, 1.807) is 0 Å². The molecule has 0 aliphatic rings. The summed E-state index contributed by atoms with van der Waals surface area (Å²) >= 11 is 0. The molecule has 2 rings (SSSR count). The van der Waals surface area contributed by atoms with Crippen molar-refractivity contribution >= 4 is 23.0 Å². The summed E-state index contributed by atoms with van der Waals surface area (Å²) < 4.78 is 0. The van der Waals surface area contributed by atoms with Crippen LogP contribution in [0.1, 0.15) is 36.7 Å². The molecule has 4 nitrogen and oxygen atoms in total. The Morgan fingerprint density at radius 3 is 2.22 bits per heavy atom. The number of rotatable bonds is 6. The molecule has 0 atom stereocenters. The van der Waals surface area contributed by atoms with Gasteiger partial charge in [0, 0.05) is 24.3 Å². The maximum atomic E-state index is 12.3. The molecule has 0 bridgehead atoms. The summed E-state index contributed by atoms with van der Waals surface area (Å²) in [4.78, 5) is 14.5. The van der Waals surface area contributed by atoms with Gasteiger partial charge in [0.05, 0.1) is 11.4 Å². The van der Waals surface area contributed by atoms with E-state index < -0.39 is 0 Å². The van der Waals surface area contributed by atoms with Gasteiger partial charge in [0.1, 0.15) is 0 Å². The van der Waals surface area contributed by atoms with Crippen LogP contribution in [0.4, 0.5) is 17.1 Å². The Balaban J connectivity index is 2.13. The van der Waals surface area contributed by atoms with Crippen LogP contribution in [-0.2, 0) is 6.42 Å². The number of nitrogens with two attached hydrogens (primary N) is 1. The molecule has 0 aliphatic heterocycles. The van der Waals surface area contributed by atoms with Gasteiger partial charge in [-0.3, -0.25) is 4.79 Å². The number of anilines is 3. The Morgan fingerprint density at radius 2 is 1.70 bits per heavy atom. The van der Waals surface area contributed by atoms with Crippen LogP contribution in [0.25, 0.3) is 0 Å². The van der Waals surface area contributed by atoms with Gasteiger partial charge in [0.25, 0.3) is 5.91 Å². The van der Waals surface area contributed by atoms with Crippen LogP contribution < -0.4 is 16.0 Å². The quantitative estimate of drug-likeness (QED) is 0.795. The third-order valence-corrected chi connectivity index (χ3v) is 4.01. The van der Waals surface area contributed by atoms with E-state index in [1.165, 1.54) is 5.56 Å². The van der Waals surface area contributed by atoms with Crippen molar-refractivity contribution in [2.75, 3.05) is 29.0 Å². The van der Waals surface area contributed by atoms with Crippen molar-refractivity contribution in [1.29, 1.82) is 0 Å². The van der Waals surface area contributed by atoms with Crippen LogP contribution in [0.2, 0.25) is 0 Å². The third kappa shape index (κ3) is 4.03. The summed E-state index contributed by atoms with van der Waals surface area (Å²) in [5, 5.41) is 2.90. The van der Waals surface area contributed by atoms with E-state index in [-0.39, 0.29) is 5.91 Å². The molecule has 0 fully saturated rings. The van der Waals surface area contributed by atoms with Gasteiger partial charge in [-0.15, -0.1) is 0 Å². The zero-order chi connectivity index (χ0) is 16.8. The zero-order valence-electron chi connectivity index (χ0n) is 14.1. The number of benzene rings is 2. The van der Waals surface area contributed by atoms with E-state index >= 15 is 0 Å². The van der Waals surface area contributed by atoms with Crippen molar-refractivity contribution < 1.29 is 4.79 Å². The number of nitrogens with one attached hydrogen (secondary N) is 1. The summed E-state index contributed by atoms with van der Waals surface area (Å²) in [5.41, 5.74) is 10.4. The van der Waals surface area contributed by atoms with E-state index in [1.807, 2.05) is 42.5 Å². The Labute approximate surface area is 138 Å². The van der Waals surface area contributed by atoms with Crippen LogP contribution >= 0.6 is 0 Å². The smallest absolute Gasteiger partial charge is 0.255 e. The fourth-order valence-electron chi connectivity index (χ4n) is 2.58. The van der Waals surface area contributed by atoms with Gasteiger partial charge >= 0.3 is 0 Å². The first-order valence-electron chi connectivity index (χ1n) is 8.13. The van der Waals surface area contributed by atoms with Crippen molar-refractivity contribution in [3.63, 3.8) is 0 Å². The highest BCUT2D eigenvalue weighted by molar-refractivity contribution is 6.04. The molecule has 122 valence electrons. The highest BCUT2D eigenvalue weighted by Crippen LogP contribution is 2.26. The average Bonchev–Trinajstić information content (AvgIpc) is 2.57. The number of hydrogen-bond acceptors (Lipinski definition) is 3.